The maximum absolute atomic E-state index is 14.6. The van der Waals surface area contributed by atoms with Crippen molar-refractivity contribution in [2.24, 2.45) is 50.2 Å². The molecule has 5 aliphatic carbocycles. The van der Waals surface area contributed by atoms with E-state index < -0.39 is 27.6 Å². The van der Waals surface area contributed by atoms with Crippen LogP contribution < -0.4 is 10.9 Å². The van der Waals surface area contributed by atoms with Gasteiger partial charge in [-0.3, -0.25) is 30.0 Å². The average Bonchev–Trinajstić information content (AvgIpc) is 2.90. The molecule has 0 aromatic rings. The molecule has 5 aliphatic rings. The lowest BCUT2D eigenvalue weighted by atomic mass is 9.34. The van der Waals surface area contributed by atoms with Crippen molar-refractivity contribution < 1.29 is 23.9 Å². The molecule has 0 aromatic carbocycles. The van der Waals surface area contributed by atoms with Crippen LogP contribution in [0.5, 0.6) is 0 Å². The molecule has 2 amide bonds. The van der Waals surface area contributed by atoms with Crippen LogP contribution in [0, 0.1) is 61.6 Å². The molecule has 0 bridgehead atoms. The van der Waals surface area contributed by atoms with Gasteiger partial charge < -0.3 is 4.74 Å². The zero-order chi connectivity index (χ0) is 31.1. The molecule has 2 unspecified atom stereocenters. The average molecular weight is 578 g/mol. The lowest BCUT2D eigenvalue weighted by molar-refractivity contribution is -0.179. The minimum atomic E-state index is -0.758. The highest BCUT2D eigenvalue weighted by Gasteiger charge is 2.70. The number of nitrogens with zero attached hydrogens (tertiary/aromatic N) is 1. The normalized spacial score (nSPS) is 41.5. The van der Waals surface area contributed by atoms with Gasteiger partial charge >= 0.3 is 0 Å². The van der Waals surface area contributed by atoms with Gasteiger partial charge in [-0.25, -0.2) is 0 Å². The summed E-state index contributed by atoms with van der Waals surface area (Å²) in [6.45, 7) is 14.8. The van der Waals surface area contributed by atoms with Gasteiger partial charge in [-0.2, -0.15) is 5.26 Å². The van der Waals surface area contributed by atoms with Crippen molar-refractivity contribution in [3.63, 3.8) is 0 Å². The number of nitrogens with one attached hydrogen (secondary N) is 2. The number of nitriles is 1. The van der Waals surface area contributed by atoms with Crippen LogP contribution in [0.15, 0.2) is 23.3 Å². The van der Waals surface area contributed by atoms with E-state index in [0.29, 0.717) is 19.3 Å². The highest BCUT2D eigenvalue weighted by molar-refractivity contribution is 6.04. The predicted octanol–water partition coefficient (Wildman–Crippen LogP) is 5.00. The number of carbonyl (C=O) groups excluding carboxylic acids is 4. The van der Waals surface area contributed by atoms with E-state index in [9.17, 15) is 24.4 Å². The summed E-state index contributed by atoms with van der Waals surface area (Å²) in [6, 6.07) is 2.16. The molecule has 0 saturated heterocycles. The Morgan fingerprint density at radius 1 is 1.00 bits per heavy atom. The summed E-state index contributed by atoms with van der Waals surface area (Å²) >= 11 is 0. The molecule has 8 nitrogen and oxygen atoms in total. The number of amides is 2. The fourth-order valence-electron chi connectivity index (χ4n) is 10.4. The number of allylic oxidation sites excluding steroid dienone is 4. The summed E-state index contributed by atoms with van der Waals surface area (Å²) in [4.78, 5) is 53.9. The minimum absolute atomic E-state index is 0.0142. The van der Waals surface area contributed by atoms with Gasteiger partial charge in [-0.1, -0.05) is 60.1 Å². The van der Waals surface area contributed by atoms with Crippen molar-refractivity contribution in [2.45, 2.75) is 93.4 Å². The van der Waals surface area contributed by atoms with E-state index in [2.05, 4.69) is 51.5 Å². The number of rotatable bonds is 3. The smallest absolute Gasteiger partial charge is 0.264 e. The molecule has 0 radical (unpaired) electrons. The van der Waals surface area contributed by atoms with E-state index in [1.165, 1.54) is 7.11 Å². The first-order chi connectivity index (χ1) is 19.4. The lowest BCUT2D eigenvalue weighted by Gasteiger charge is -2.69. The standard InChI is InChI=1S/C34H47N3O5/c1-29(2)11-13-34(28(41)37-36-25(39)19-42-8)14-12-33(7)26(21(34)17-29)22(38)15-24-31(5)16-20(18-35)27(40)30(3,4)23(31)9-10-32(24,33)6/h15-16,21,23,26H,9-14,17,19H2,1-8H3,(H,36,39)(H,37,41)/t21?,23-,26?,31-,32+,33+,34-/m0/s1. The van der Waals surface area contributed by atoms with Crippen molar-refractivity contribution in [3.8, 4) is 6.07 Å². The van der Waals surface area contributed by atoms with Crippen molar-refractivity contribution in [1.29, 1.82) is 5.26 Å². The molecule has 0 spiro atoms. The highest BCUT2D eigenvalue weighted by atomic mass is 16.5. The van der Waals surface area contributed by atoms with Crippen molar-refractivity contribution in [1.82, 2.24) is 10.9 Å². The lowest BCUT2D eigenvalue weighted by Crippen LogP contribution is -2.67. The number of carbonyl (C=O) groups is 4. The molecule has 0 aliphatic heterocycles. The molecule has 7 atom stereocenters. The van der Waals surface area contributed by atoms with E-state index in [1.807, 2.05) is 26.0 Å². The van der Waals surface area contributed by atoms with Gasteiger partial charge in [-0.15, -0.1) is 0 Å². The van der Waals surface area contributed by atoms with E-state index in [-0.39, 0.29) is 58.2 Å². The molecule has 0 aromatic heterocycles. The largest absolute Gasteiger partial charge is 0.375 e. The molecule has 8 heteroatoms. The van der Waals surface area contributed by atoms with Gasteiger partial charge in [0.1, 0.15) is 12.7 Å². The van der Waals surface area contributed by atoms with Gasteiger partial charge in [0, 0.05) is 23.9 Å². The Balaban J connectivity index is 1.61. The molecule has 3 fully saturated rings. The number of hydrogen-bond acceptors (Lipinski definition) is 6. The summed E-state index contributed by atoms with van der Waals surface area (Å²) in [5.41, 5.74) is 3.59. The number of hydrazine groups is 1. The Kier molecular flexibility index (Phi) is 7.01. The molecule has 3 saturated carbocycles. The third-order valence-electron chi connectivity index (χ3n) is 12.9. The van der Waals surface area contributed by atoms with Gasteiger partial charge in [-0.05, 0) is 79.1 Å². The third kappa shape index (κ3) is 4.02. The minimum Gasteiger partial charge on any atom is -0.375 e. The summed E-state index contributed by atoms with van der Waals surface area (Å²) in [5, 5.41) is 9.92. The van der Waals surface area contributed by atoms with Crippen LogP contribution >= 0.6 is 0 Å². The number of Topliss-reactive ketones (excluding diaryl/α,β-unsaturated/α-hetero) is 1. The Hall–Kier alpha value is -2.79. The van der Waals surface area contributed by atoms with Crippen LogP contribution in [0.25, 0.3) is 0 Å². The van der Waals surface area contributed by atoms with Gasteiger partial charge in [0.05, 0.1) is 11.0 Å². The Morgan fingerprint density at radius 2 is 1.67 bits per heavy atom. The van der Waals surface area contributed by atoms with Crippen molar-refractivity contribution >= 4 is 23.4 Å². The van der Waals surface area contributed by atoms with Gasteiger partial charge in [0.2, 0.25) is 5.91 Å². The number of ketones is 2. The number of ether oxygens (including phenoxy) is 1. The summed E-state index contributed by atoms with van der Waals surface area (Å²) < 4.78 is 4.90. The van der Waals surface area contributed by atoms with Crippen LogP contribution in [0.2, 0.25) is 0 Å². The first-order valence-corrected chi connectivity index (χ1v) is 15.5. The zero-order valence-corrected chi connectivity index (χ0v) is 26.5. The molecular weight excluding hydrogens is 530 g/mol. The van der Waals surface area contributed by atoms with E-state index in [1.54, 1.807) is 0 Å². The maximum atomic E-state index is 14.6. The first kappa shape index (κ1) is 30.7. The number of methoxy groups -OCH3 is 1. The third-order valence-corrected chi connectivity index (χ3v) is 12.9. The van der Waals surface area contributed by atoms with Crippen molar-refractivity contribution in [2.75, 3.05) is 13.7 Å². The second-order valence-electron chi connectivity index (χ2n) is 15.8. The summed E-state index contributed by atoms with van der Waals surface area (Å²) in [5.74, 6) is -1.24. The van der Waals surface area contributed by atoms with Crippen LogP contribution in [0.4, 0.5) is 0 Å². The Labute approximate surface area is 250 Å². The SMILES string of the molecule is COCC(=O)NNC(=O)[C@]12CCC(C)(C)CC1C1C(=O)C=C3[C@@]4(C)C=C(C#N)C(=O)C(C)(C)[C@@H]4CC[C@@]3(C)[C@]1(C)CC2. The number of hydrogen-bond donors (Lipinski definition) is 2. The molecule has 2 N–H and O–H groups in total. The molecule has 5 rings (SSSR count). The van der Waals surface area contributed by atoms with Crippen LogP contribution in [-0.2, 0) is 23.9 Å². The number of fused-ring (bicyclic) bond motifs is 7. The fourth-order valence-corrected chi connectivity index (χ4v) is 10.4. The first-order valence-electron chi connectivity index (χ1n) is 15.5. The van der Waals surface area contributed by atoms with Crippen LogP contribution in [-0.4, -0.2) is 37.1 Å². The predicted molar refractivity (Wildman–Crippen MR) is 157 cm³/mol. The van der Waals surface area contributed by atoms with Crippen LogP contribution in [0.1, 0.15) is 93.4 Å². The molecular formula is C34H47N3O5. The monoisotopic (exact) mass is 577 g/mol. The Bertz CT molecular complexity index is 1350. The van der Waals surface area contributed by atoms with Crippen LogP contribution in [0.3, 0.4) is 0 Å². The fraction of sp³-hybridized carbons (Fsp3) is 0.735. The topological polar surface area (TPSA) is 125 Å². The highest BCUT2D eigenvalue weighted by Crippen LogP contribution is 2.74. The van der Waals surface area contributed by atoms with E-state index >= 15 is 0 Å². The Morgan fingerprint density at radius 3 is 2.31 bits per heavy atom. The van der Waals surface area contributed by atoms with Crippen molar-refractivity contribution in [3.05, 3.63) is 23.3 Å². The van der Waals surface area contributed by atoms with E-state index in [0.717, 1.165) is 31.3 Å². The van der Waals surface area contributed by atoms with Gasteiger partial charge in [0.25, 0.3) is 5.91 Å². The quantitative estimate of drug-likeness (QED) is 0.455. The molecule has 228 valence electrons. The summed E-state index contributed by atoms with van der Waals surface area (Å²) in [6.07, 6.45) is 8.98. The maximum Gasteiger partial charge on any atom is 0.264 e. The molecule has 0 heterocycles. The zero-order valence-electron chi connectivity index (χ0n) is 26.5. The van der Waals surface area contributed by atoms with E-state index in [4.69, 9.17) is 4.74 Å². The second kappa shape index (κ2) is 9.61. The second-order valence-corrected chi connectivity index (χ2v) is 15.8. The molecule has 42 heavy (non-hydrogen) atoms. The summed E-state index contributed by atoms with van der Waals surface area (Å²) in [7, 11) is 1.43. The van der Waals surface area contributed by atoms with Gasteiger partial charge in [0.15, 0.2) is 11.6 Å².